The van der Waals surface area contributed by atoms with Crippen LogP contribution < -0.4 is 4.74 Å². The van der Waals surface area contributed by atoms with Gasteiger partial charge in [-0.15, -0.1) is 0 Å². The highest BCUT2D eigenvalue weighted by atomic mass is 16.5. The molecule has 3 nitrogen and oxygen atoms in total. The van der Waals surface area contributed by atoms with E-state index < -0.39 is 0 Å². The van der Waals surface area contributed by atoms with Gasteiger partial charge in [-0.3, -0.25) is 4.90 Å². The molecule has 0 radical (unpaired) electrons. The van der Waals surface area contributed by atoms with Gasteiger partial charge < -0.3 is 9.84 Å². The van der Waals surface area contributed by atoms with Crippen molar-refractivity contribution in [2.75, 3.05) is 27.3 Å². The Bertz CT molecular complexity index is 297. The molecule has 0 aliphatic rings. The maximum Gasteiger partial charge on any atom is 0.118 e. The lowest BCUT2D eigenvalue weighted by molar-refractivity contribution is 0.148. The Morgan fingerprint density at radius 2 is 1.94 bits per heavy atom. The molecule has 0 heterocycles. The fourth-order valence-electron chi connectivity index (χ4n) is 1.83. The molecule has 0 saturated carbocycles. The summed E-state index contributed by atoms with van der Waals surface area (Å²) in [6.45, 7) is 3.26. The average Bonchev–Trinajstić information content (AvgIpc) is 2.31. The molecular weight excluding hydrogens is 202 g/mol. The molecule has 1 atom stereocenters. The molecule has 1 N–H and O–H groups in total. The van der Waals surface area contributed by atoms with Gasteiger partial charge in [0.05, 0.1) is 19.8 Å². The van der Waals surface area contributed by atoms with E-state index in [2.05, 4.69) is 11.8 Å². The van der Waals surface area contributed by atoms with Crippen LogP contribution in [0.1, 0.15) is 24.9 Å². The number of methoxy groups -OCH3 is 1. The van der Waals surface area contributed by atoms with Crippen LogP contribution in [0.4, 0.5) is 0 Å². The monoisotopic (exact) mass is 223 g/mol. The molecule has 1 aromatic rings. The first-order chi connectivity index (χ1) is 7.72. The van der Waals surface area contributed by atoms with Crippen molar-refractivity contribution in [3.8, 4) is 5.75 Å². The molecule has 0 unspecified atom stereocenters. The lowest BCUT2D eigenvalue weighted by Gasteiger charge is -2.26. The van der Waals surface area contributed by atoms with E-state index in [1.54, 1.807) is 7.11 Å². The molecule has 0 bridgehead atoms. The fraction of sp³-hybridized carbons (Fsp3) is 0.538. The van der Waals surface area contributed by atoms with Crippen LogP contribution in [-0.2, 0) is 0 Å². The molecule has 1 rings (SSSR count). The molecule has 0 aromatic heterocycles. The Morgan fingerprint density at radius 3 is 2.38 bits per heavy atom. The quantitative estimate of drug-likeness (QED) is 0.801. The van der Waals surface area contributed by atoms with Crippen molar-refractivity contribution in [1.29, 1.82) is 0 Å². The topological polar surface area (TPSA) is 32.7 Å². The Kier molecular flexibility index (Phi) is 5.29. The third-order valence-electron chi connectivity index (χ3n) is 2.78. The van der Waals surface area contributed by atoms with Crippen molar-refractivity contribution < 1.29 is 9.84 Å². The highest BCUT2D eigenvalue weighted by Gasteiger charge is 2.14. The second kappa shape index (κ2) is 6.51. The normalized spacial score (nSPS) is 12.8. The maximum absolute atomic E-state index is 9.43. The van der Waals surface area contributed by atoms with Crippen LogP contribution in [0.3, 0.4) is 0 Å². The van der Waals surface area contributed by atoms with E-state index in [-0.39, 0.29) is 12.6 Å². The highest BCUT2D eigenvalue weighted by molar-refractivity contribution is 5.29. The zero-order valence-corrected chi connectivity index (χ0v) is 10.3. The third kappa shape index (κ3) is 3.22. The summed E-state index contributed by atoms with van der Waals surface area (Å²) in [4.78, 5) is 2.17. The second-order valence-electron chi connectivity index (χ2n) is 3.95. The Balaban J connectivity index is 2.78. The van der Waals surface area contributed by atoms with Crippen molar-refractivity contribution in [2.45, 2.75) is 19.4 Å². The number of rotatable bonds is 6. The third-order valence-corrected chi connectivity index (χ3v) is 2.78. The summed E-state index contributed by atoms with van der Waals surface area (Å²) in [6.07, 6.45) is 1.09. The molecule has 1 aromatic carbocycles. The highest BCUT2D eigenvalue weighted by Crippen LogP contribution is 2.21. The Labute approximate surface area is 97.7 Å². The number of hydrogen-bond donors (Lipinski definition) is 1. The standard InChI is InChI=1S/C13H21NO2/c1-4-9-14(2)13(10-15)11-5-7-12(16-3)8-6-11/h5-8,13,15H,4,9-10H2,1-3H3/t13-/m1/s1. The van der Waals surface area contributed by atoms with E-state index in [0.29, 0.717) is 0 Å². The van der Waals surface area contributed by atoms with Crippen molar-refractivity contribution in [3.63, 3.8) is 0 Å². The van der Waals surface area contributed by atoms with Crippen molar-refractivity contribution in [1.82, 2.24) is 4.90 Å². The van der Waals surface area contributed by atoms with Crippen LogP contribution in [0.2, 0.25) is 0 Å². The minimum Gasteiger partial charge on any atom is -0.497 e. The van der Waals surface area contributed by atoms with Gasteiger partial charge in [-0.2, -0.15) is 0 Å². The van der Waals surface area contributed by atoms with Crippen molar-refractivity contribution >= 4 is 0 Å². The smallest absolute Gasteiger partial charge is 0.118 e. The summed E-state index contributed by atoms with van der Waals surface area (Å²) >= 11 is 0. The summed E-state index contributed by atoms with van der Waals surface area (Å²) in [6, 6.07) is 7.94. The lowest BCUT2D eigenvalue weighted by atomic mass is 10.1. The van der Waals surface area contributed by atoms with Gasteiger partial charge in [-0.1, -0.05) is 19.1 Å². The van der Waals surface area contributed by atoms with E-state index in [0.717, 1.165) is 24.3 Å². The first kappa shape index (κ1) is 13.0. The van der Waals surface area contributed by atoms with E-state index >= 15 is 0 Å². The van der Waals surface area contributed by atoms with E-state index in [1.807, 2.05) is 31.3 Å². The van der Waals surface area contributed by atoms with E-state index in [9.17, 15) is 5.11 Å². The number of hydrogen-bond acceptors (Lipinski definition) is 3. The van der Waals surface area contributed by atoms with Gasteiger partial charge in [0.15, 0.2) is 0 Å². The SMILES string of the molecule is CCCN(C)[C@H](CO)c1ccc(OC)cc1. The van der Waals surface area contributed by atoms with Crippen LogP contribution in [0.5, 0.6) is 5.75 Å². The van der Waals surface area contributed by atoms with Gasteiger partial charge in [0.1, 0.15) is 5.75 Å². The molecule has 0 amide bonds. The van der Waals surface area contributed by atoms with E-state index in [4.69, 9.17) is 4.74 Å². The van der Waals surface area contributed by atoms with Gasteiger partial charge >= 0.3 is 0 Å². The molecule has 16 heavy (non-hydrogen) atoms. The Morgan fingerprint density at radius 1 is 1.31 bits per heavy atom. The summed E-state index contributed by atoms with van der Waals surface area (Å²) in [5.74, 6) is 0.846. The number of likely N-dealkylation sites (N-methyl/N-ethyl adjacent to an activating group) is 1. The maximum atomic E-state index is 9.43. The van der Waals surface area contributed by atoms with Gasteiger partial charge in [0, 0.05) is 0 Å². The second-order valence-corrected chi connectivity index (χ2v) is 3.95. The molecule has 0 fully saturated rings. The molecule has 0 saturated heterocycles. The van der Waals surface area contributed by atoms with Crippen molar-refractivity contribution in [3.05, 3.63) is 29.8 Å². The predicted molar refractivity (Wildman–Crippen MR) is 65.7 cm³/mol. The van der Waals surface area contributed by atoms with Crippen LogP contribution in [0, 0.1) is 0 Å². The van der Waals surface area contributed by atoms with Crippen LogP contribution in [0.25, 0.3) is 0 Å². The first-order valence-electron chi connectivity index (χ1n) is 5.68. The largest absolute Gasteiger partial charge is 0.497 e. The summed E-state index contributed by atoms with van der Waals surface area (Å²) in [5, 5.41) is 9.43. The summed E-state index contributed by atoms with van der Waals surface area (Å²) in [5.41, 5.74) is 1.12. The number of aliphatic hydroxyl groups is 1. The lowest BCUT2D eigenvalue weighted by Crippen LogP contribution is -2.27. The minimum absolute atomic E-state index is 0.0749. The van der Waals surface area contributed by atoms with Crippen LogP contribution in [-0.4, -0.2) is 37.3 Å². The molecule has 0 aliphatic heterocycles. The number of aliphatic hydroxyl groups excluding tert-OH is 1. The molecule has 0 spiro atoms. The molecule has 3 heteroatoms. The summed E-state index contributed by atoms with van der Waals surface area (Å²) < 4.78 is 5.11. The van der Waals surface area contributed by atoms with E-state index in [1.165, 1.54) is 0 Å². The number of nitrogens with zero attached hydrogens (tertiary/aromatic N) is 1. The number of ether oxygens (including phenoxy) is 1. The van der Waals surface area contributed by atoms with Crippen LogP contribution in [0.15, 0.2) is 24.3 Å². The predicted octanol–water partition coefficient (Wildman–Crippen LogP) is 2.07. The Hall–Kier alpha value is -1.06. The zero-order valence-electron chi connectivity index (χ0n) is 10.3. The average molecular weight is 223 g/mol. The first-order valence-corrected chi connectivity index (χ1v) is 5.68. The fourth-order valence-corrected chi connectivity index (χ4v) is 1.83. The van der Waals surface area contributed by atoms with Crippen molar-refractivity contribution in [2.24, 2.45) is 0 Å². The zero-order chi connectivity index (χ0) is 12.0. The summed E-state index contributed by atoms with van der Waals surface area (Å²) in [7, 11) is 3.69. The van der Waals surface area contributed by atoms with Gasteiger partial charge in [-0.25, -0.2) is 0 Å². The van der Waals surface area contributed by atoms with Gasteiger partial charge in [0.2, 0.25) is 0 Å². The molecule has 0 aliphatic carbocycles. The minimum atomic E-state index is 0.0749. The number of benzene rings is 1. The van der Waals surface area contributed by atoms with Gasteiger partial charge in [0.25, 0.3) is 0 Å². The van der Waals surface area contributed by atoms with Gasteiger partial charge in [-0.05, 0) is 37.7 Å². The molecular formula is C13H21NO2. The van der Waals surface area contributed by atoms with Crippen LogP contribution >= 0.6 is 0 Å². The molecule has 90 valence electrons.